The summed E-state index contributed by atoms with van der Waals surface area (Å²) in [4.78, 5) is 4.76. The lowest BCUT2D eigenvalue weighted by molar-refractivity contribution is 0.301. The number of para-hydroxylation sites is 3. The molecule has 0 aliphatic rings. The van der Waals surface area contributed by atoms with Crippen LogP contribution in [0.25, 0.3) is 11.0 Å². The van der Waals surface area contributed by atoms with Gasteiger partial charge in [-0.1, -0.05) is 49.7 Å². The smallest absolute Gasteiger partial charge is 0.137 e. The number of halogens is 1. The Kier molecular flexibility index (Phi) is 4.87. The molecule has 0 unspecified atom stereocenters. The third-order valence-corrected chi connectivity index (χ3v) is 4.13. The quantitative estimate of drug-likeness (QED) is 0.575. The predicted molar refractivity (Wildman–Crippen MR) is 95.4 cm³/mol. The molecule has 3 nitrogen and oxygen atoms in total. The van der Waals surface area contributed by atoms with E-state index in [1.165, 1.54) is 5.52 Å². The molecule has 3 aromatic rings. The number of rotatable bonds is 6. The molecule has 0 aliphatic carbocycles. The molecule has 0 N–H and O–H groups in total. The Labute approximate surface area is 141 Å². The fourth-order valence-electron chi connectivity index (χ4n) is 2.74. The first kappa shape index (κ1) is 15.9. The molecule has 1 aromatic heterocycles. The fourth-order valence-corrected chi connectivity index (χ4v) is 2.93. The van der Waals surface area contributed by atoms with Crippen LogP contribution in [-0.2, 0) is 6.54 Å². The summed E-state index contributed by atoms with van der Waals surface area (Å²) in [7, 11) is 0. The zero-order valence-corrected chi connectivity index (χ0v) is 14.3. The first-order valence-electron chi connectivity index (χ1n) is 7.99. The normalized spacial score (nSPS) is 11.3. The van der Waals surface area contributed by atoms with Gasteiger partial charge in [0.2, 0.25) is 0 Å². The van der Waals surface area contributed by atoms with Crippen molar-refractivity contribution in [2.45, 2.75) is 32.7 Å². The van der Waals surface area contributed by atoms with Crippen molar-refractivity contribution in [3.05, 3.63) is 59.4 Å². The Morgan fingerprint density at radius 2 is 1.83 bits per heavy atom. The molecule has 0 saturated carbocycles. The highest BCUT2D eigenvalue weighted by molar-refractivity contribution is 6.32. The molecule has 0 spiro atoms. The molecular formula is C19H21ClN2O. The standard InChI is InChI=1S/C19H21ClN2O/c1-14(2)19-21-16-9-4-5-10-17(16)22(19)12-7-13-23-18-11-6-3-8-15(18)20/h3-6,8-11,14H,7,12-13H2,1-2H3. The second-order valence-corrected chi connectivity index (χ2v) is 6.30. The number of aromatic nitrogens is 2. The maximum absolute atomic E-state index is 6.11. The van der Waals surface area contributed by atoms with E-state index in [0.717, 1.165) is 30.1 Å². The van der Waals surface area contributed by atoms with Crippen LogP contribution < -0.4 is 4.74 Å². The zero-order chi connectivity index (χ0) is 16.2. The molecule has 2 aromatic carbocycles. The fraction of sp³-hybridized carbons (Fsp3) is 0.316. The second kappa shape index (κ2) is 7.05. The van der Waals surface area contributed by atoms with Crippen LogP contribution in [0.15, 0.2) is 48.5 Å². The van der Waals surface area contributed by atoms with Crippen LogP contribution >= 0.6 is 11.6 Å². The van der Waals surface area contributed by atoms with Crippen LogP contribution in [0.5, 0.6) is 5.75 Å². The van der Waals surface area contributed by atoms with E-state index in [9.17, 15) is 0 Å². The minimum atomic E-state index is 0.395. The van der Waals surface area contributed by atoms with Gasteiger partial charge in [-0.15, -0.1) is 0 Å². The van der Waals surface area contributed by atoms with Crippen molar-refractivity contribution in [1.29, 1.82) is 0 Å². The van der Waals surface area contributed by atoms with Gasteiger partial charge in [0, 0.05) is 12.5 Å². The van der Waals surface area contributed by atoms with Gasteiger partial charge in [-0.2, -0.15) is 0 Å². The van der Waals surface area contributed by atoms with Crippen LogP contribution in [0, 0.1) is 0 Å². The number of nitrogens with zero attached hydrogens (tertiary/aromatic N) is 2. The van der Waals surface area contributed by atoms with Gasteiger partial charge in [0.25, 0.3) is 0 Å². The van der Waals surface area contributed by atoms with Crippen molar-refractivity contribution < 1.29 is 4.74 Å². The molecule has 0 radical (unpaired) electrons. The molecule has 4 heteroatoms. The highest BCUT2D eigenvalue weighted by atomic mass is 35.5. The van der Waals surface area contributed by atoms with Crippen LogP contribution in [0.1, 0.15) is 32.0 Å². The van der Waals surface area contributed by atoms with Crippen molar-refractivity contribution >= 4 is 22.6 Å². The van der Waals surface area contributed by atoms with Gasteiger partial charge < -0.3 is 9.30 Å². The predicted octanol–water partition coefficient (Wildman–Crippen LogP) is 5.28. The zero-order valence-electron chi connectivity index (χ0n) is 13.5. The summed E-state index contributed by atoms with van der Waals surface area (Å²) < 4.78 is 8.08. The number of ether oxygens (including phenoxy) is 1. The number of hydrogen-bond acceptors (Lipinski definition) is 2. The Hall–Kier alpha value is -2.00. The third-order valence-electron chi connectivity index (χ3n) is 3.82. The largest absolute Gasteiger partial charge is 0.492 e. The van der Waals surface area contributed by atoms with E-state index in [1.807, 2.05) is 30.3 Å². The average molecular weight is 329 g/mol. The van der Waals surface area contributed by atoms with Gasteiger partial charge >= 0.3 is 0 Å². The van der Waals surface area contributed by atoms with Gasteiger partial charge in [0.15, 0.2) is 0 Å². The van der Waals surface area contributed by atoms with Crippen LogP contribution in [0.3, 0.4) is 0 Å². The van der Waals surface area contributed by atoms with Gasteiger partial charge in [-0.25, -0.2) is 4.98 Å². The third kappa shape index (κ3) is 3.50. The van der Waals surface area contributed by atoms with Crippen molar-refractivity contribution in [1.82, 2.24) is 9.55 Å². The topological polar surface area (TPSA) is 27.1 Å². The van der Waals surface area contributed by atoms with E-state index in [2.05, 4.69) is 36.6 Å². The van der Waals surface area contributed by atoms with E-state index < -0.39 is 0 Å². The van der Waals surface area contributed by atoms with Crippen LogP contribution in [0.2, 0.25) is 5.02 Å². The molecule has 1 heterocycles. The molecule has 0 aliphatic heterocycles. The van der Waals surface area contributed by atoms with Gasteiger partial charge in [-0.05, 0) is 30.7 Å². The minimum absolute atomic E-state index is 0.395. The van der Waals surface area contributed by atoms with Gasteiger partial charge in [0.1, 0.15) is 11.6 Å². The highest BCUT2D eigenvalue weighted by Gasteiger charge is 2.13. The van der Waals surface area contributed by atoms with E-state index in [4.69, 9.17) is 21.3 Å². The number of fused-ring (bicyclic) bond motifs is 1. The van der Waals surface area contributed by atoms with Crippen molar-refractivity contribution in [3.63, 3.8) is 0 Å². The summed E-state index contributed by atoms with van der Waals surface area (Å²) in [6.07, 6.45) is 0.908. The number of benzene rings is 2. The SMILES string of the molecule is CC(C)c1nc2ccccc2n1CCCOc1ccccc1Cl. The number of aryl methyl sites for hydroxylation is 1. The molecule has 120 valence electrons. The number of imidazole rings is 1. The monoisotopic (exact) mass is 328 g/mol. The molecule has 0 bridgehead atoms. The molecule has 0 amide bonds. The summed E-state index contributed by atoms with van der Waals surface area (Å²) in [5.41, 5.74) is 2.25. The summed E-state index contributed by atoms with van der Waals surface area (Å²) >= 11 is 6.11. The highest BCUT2D eigenvalue weighted by Crippen LogP contribution is 2.24. The summed E-state index contributed by atoms with van der Waals surface area (Å²) in [6, 6.07) is 15.9. The number of hydrogen-bond donors (Lipinski definition) is 0. The molecule has 23 heavy (non-hydrogen) atoms. The Balaban J connectivity index is 1.69. The Morgan fingerprint density at radius 1 is 1.09 bits per heavy atom. The van der Waals surface area contributed by atoms with Crippen molar-refractivity contribution in [3.8, 4) is 5.75 Å². The lowest BCUT2D eigenvalue weighted by Gasteiger charge is -2.12. The molecule has 0 atom stereocenters. The van der Waals surface area contributed by atoms with Gasteiger partial charge in [0.05, 0.1) is 22.7 Å². The Morgan fingerprint density at radius 3 is 2.61 bits per heavy atom. The van der Waals surface area contributed by atoms with Crippen molar-refractivity contribution in [2.24, 2.45) is 0 Å². The van der Waals surface area contributed by atoms with E-state index >= 15 is 0 Å². The Bertz CT molecular complexity index is 795. The molecule has 3 rings (SSSR count). The molecular weight excluding hydrogens is 308 g/mol. The first-order chi connectivity index (χ1) is 11.2. The summed E-state index contributed by atoms with van der Waals surface area (Å²) in [5, 5.41) is 0.656. The van der Waals surface area contributed by atoms with E-state index in [0.29, 0.717) is 17.5 Å². The van der Waals surface area contributed by atoms with Crippen LogP contribution in [-0.4, -0.2) is 16.2 Å². The van der Waals surface area contributed by atoms with E-state index in [-0.39, 0.29) is 0 Å². The van der Waals surface area contributed by atoms with Crippen molar-refractivity contribution in [2.75, 3.05) is 6.61 Å². The second-order valence-electron chi connectivity index (χ2n) is 5.90. The average Bonchev–Trinajstić information content (AvgIpc) is 2.92. The molecule has 0 saturated heterocycles. The van der Waals surface area contributed by atoms with E-state index in [1.54, 1.807) is 0 Å². The minimum Gasteiger partial charge on any atom is -0.492 e. The van der Waals surface area contributed by atoms with Gasteiger partial charge in [-0.3, -0.25) is 0 Å². The lowest BCUT2D eigenvalue weighted by Crippen LogP contribution is -2.09. The summed E-state index contributed by atoms with van der Waals surface area (Å²) in [5.74, 6) is 2.27. The van der Waals surface area contributed by atoms with Crippen LogP contribution in [0.4, 0.5) is 0 Å². The molecule has 0 fully saturated rings. The lowest BCUT2D eigenvalue weighted by atomic mass is 10.2. The maximum Gasteiger partial charge on any atom is 0.137 e. The first-order valence-corrected chi connectivity index (χ1v) is 8.37. The summed E-state index contributed by atoms with van der Waals surface area (Å²) in [6.45, 7) is 5.88. The maximum atomic E-state index is 6.11.